The smallest absolute Gasteiger partial charge is 0.251 e. The number of anilines is 1. The number of hydrogen-bond acceptors (Lipinski definition) is 6. The minimum Gasteiger partial charge on any atom is -0.419 e. The lowest BCUT2D eigenvalue weighted by Gasteiger charge is -2.04. The molecule has 3 aromatic rings. The highest BCUT2D eigenvalue weighted by Gasteiger charge is 2.11. The topological polar surface area (TPSA) is 92.9 Å². The van der Waals surface area contributed by atoms with E-state index in [1.807, 2.05) is 30.3 Å². The first kappa shape index (κ1) is 14.7. The minimum atomic E-state index is -0.233. The minimum absolute atomic E-state index is 0.163. The lowest BCUT2D eigenvalue weighted by Crippen LogP contribution is -2.23. The molecule has 2 N–H and O–H groups in total. The second-order valence-corrected chi connectivity index (χ2v) is 4.73. The Morgan fingerprint density at radius 1 is 1.17 bits per heavy atom. The monoisotopic (exact) mass is 309 g/mol. The first-order valence-electron chi connectivity index (χ1n) is 7.06. The summed E-state index contributed by atoms with van der Waals surface area (Å²) in [6.07, 6.45) is 1.57. The van der Waals surface area contributed by atoms with Crippen LogP contribution in [0.5, 0.6) is 0 Å². The molecule has 0 spiro atoms. The summed E-state index contributed by atoms with van der Waals surface area (Å²) in [5, 5.41) is 13.5. The van der Waals surface area contributed by atoms with Gasteiger partial charge in [-0.15, -0.1) is 10.2 Å². The number of amides is 1. The molecule has 0 saturated carbocycles. The fraction of sp³-hybridized carbons (Fsp3) is 0.125. The van der Waals surface area contributed by atoms with E-state index < -0.39 is 0 Å². The molecule has 0 fully saturated rings. The molecule has 0 unspecified atom stereocenters. The number of aromatic nitrogens is 3. The fourth-order valence-electron chi connectivity index (χ4n) is 1.99. The van der Waals surface area contributed by atoms with Gasteiger partial charge in [0.25, 0.3) is 5.91 Å². The van der Waals surface area contributed by atoms with E-state index in [0.29, 0.717) is 23.2 Å². The average Bonchev–Trinajstić information content (AvgIpc) is 3.09. The van der Waals surface area contributed by atoms with Crippen molar-refractivity contribution in [2.75, 3.05) is 12.4 Å². The molecule has 0 bridgehead atoms. The lowest BCUT2D eigenvalue weighted by atomic mass is 10.2. The van der Waals surface area contributed by atoms with Gasteiger partial charge in [0.1, 0.15) is 5.82 Å². The summed E-state index contributed by atoms with van der Waals surface area (Å²) in [7, 11) is 1.74. The molecule has 116 valence electrons. The van der Waals surface area contributed by atoms with E-state index >= 15 is 0 Å². The quantitative estimate of drug-likeness (QED) is 0.750. The molecule has 3 rings (SSSR count). The van der Waals surface area contributed by atoms with Gasteiger partial charge in [-0.2, -0.15) is 0 Å². The molecule has 0 aliphatic rings. The first-order valence-corrected chi connectivity index (χ1v) is 7.06. The number of carbonyl (C=O) groups is 1. The molecule has 0 aliphatic heterocycles. The Balaban J connectivity index is 1.64. The summed E-state index contributed by atoms with van der Waals surface area (Å²) >= 11 is 0. The van der Waals surface area contributed by atoms with Crippen molar-refractivity contribution in [2.45, 2.75) is 6.54 Å². The third kappa shape index (κ3) is 3.52. The van der Waals surface area contributed by atoms with Crippen LogP contribution in [0.15, 0.2) is 53.1 Å². The van der Waals surface area contributed by atoms with Crippen LogP contribution in [0.3, 0.4) is 0 Å². The number of carbonyl (C=O) groups excluding carboxylic acids is 1. The van der Waals surface area contributed by atoms with Gasteiger partial charge in [-0.3, -0.25) is 4.79 Å². The van der Waals surface area contributed by atoms with Crippen LogP contribution in [0, 0.1) is 0 Å². The highest BCUT2D eigenvalue weighted by atomic mass is 16.4. The maximum absolute atomic E-state index is 12.1. The molecule has 0 radical (unpaired) electrons. The Morgan fingerprint density at radius 2 is 2.00 bits per heavy atom. The van der Waals surface area contributed by atoms with E-state index in [9.17, 15) is 4.79 Å². The Hall–Kier alpha value is -3.22. The van der Waals surface area contributed by atoms with Crippen LogP contribution in [0.4, 0.5) is 5.82 Å². The number of nitrogens with zero attached hydrogens (tertiary/aromatic N) is 3. The molecule has 2 aromatic heterocycles. The maximum atomic E-state index is 12.1. The van der Waals surface area contributed by atoms with E-state index in [1.165, 1.54) is 0 Å². The van der Waals surface area contributed by atoms with Gasteiger partial charge in [-0.05, 0) is 24.3 Å². The summed E-state index contributed by atoms with van der Waals surface area (Å²) in [6.45, 7) is 0.163. The van der Waals surface area contributed by atoms with Crippen LogP contribution in [-0.4, -0.2) is 28.1 Å². The molecule has 0 atom stereocenters. The summed E-state index contributed by atoms with van der Waals surface area (Å²) in [6, 6.07) is 12.8. The normalized spacial score (nSPS) is 10.3. The third-order valence-corrected chi connectivity index (χ3v) is 3.17. The molecule has 7 heteroatoms. The highest BCUT2D eigenvalue weighted by molar-refractivity contribution is 5.94. The predicted octanol–water partition coefficient (Wildman–Crippen LogP) is 2.10. The zero-order valence-electron chi connectivity index (χ0n) is 12.5. The van der Waals surface area contributed by atoms with Crippen molar-refractivity contribution in [1.29, 1.82) is 0 Å². The van der Waals surface area contributed by atoms with Crippen molar-refractivity contribution in [1.82, 2.24) is 20.5 Å². The average molecular weight is 309 g/mol. The van der Waals surface area contributed by atoms with Gasteiger partial charge in [0, 0.05) is 24.4 Å². The van der Waals surface area contributed by atoms with Crippen molar-refractivity contribution < 1.29 is 9.21 Å². The van der Waals surface area contributed by atoms with E-state index in [-0.39, 0.29) is 12.5 Å². The van der Waals surface area contributed by atoms with Gasteiger partial charge in [0.2, 0.25) is 11.8 Å². The lowest BCUT2D eigenvalue weighted by molar-refractivity contribution is 0.0947. The van der Waals surface area contributed by atoms with Crippen molar-refractivity contribution in [3.05, 3.63) is 60.1 Å². The van der Waals surface area contributed by atoms with Gasteiger partial charge < -0.3 is 15.1 Å². The van der Waals surface area contributed by atoms with Gasteiger partial charge in [0.15, 0.2) is 0 Å². The molecule has 7 nitrogen and oxygen atoms in total. The number of nitrogens with one attached hydrogen (secondary N) is 2. The second-order valence-electron chi connectivity index (χ2n) is 4.73. The van der Waals surface area contributed by atoms with Crippen LogP contribution in [-0.2, 0) is 6.54 Å². The van der Waals surface area contributed by atoms with Gasteiger partial charge in [-0.1, -0.05) is 18.2 Å². The second kappa shape index (κ2) is 6.69. The molecule has 2 heterocycles. The molecule has 1 amide bonds. The van der Waals surface area contributed by atoms with Crippen LogP contribution < -0.4 is 10.6 Å². The van der Waals surface area contributed by atoms with E-state index in [0.717, 1.165) is 5.56 Å². The SMILES string of the molecule is CNc1cc(C(=O)NCc2nnc(-c3ccccc3)o2)ccn1. The molecule has 1 aromatic carbocycles. The number of rotatable bonds is 5. The predicted molar refractivity (Wildman–Crippen MR) is 84.7 cm³/mol. The van der Waals surface area contributed by atoms with E-state index in [2.05, 4.69) is 25.8 Å². The van der Waals surface area contributed by atoms with Crippen molar-refractivity contribution in [3.63, 3.8) is 0 Å². The van der Waals surface area contributed by atoms with E-state index in [4.69, 9.17) is 4.42 Å². The first-order chi connectivity index (χ1) is 11.3. The number of benzene rings is 1. The van der Waals surface area contributed by atoms with Crippen LogP contribution >= 0.6 is 0 Å². The van der Waals surface area contributed by atoms with Crippen LogP contribution in [0.2, 0.25) is 0 Å². The summed E-state index contributed by atoms with van der Waals surface area (Å²) in [5.74, 6) is 1.17. The fourth-order valence-corrected chi connectivity index (χ4v) is 1.99. The Morgan fingerprint density at radius 3 is 2.78 bits per heavy atom. The maximum Gasteiger partial charge on any atom is 0.251 e. The van der Waals surface area contributed by atoms with Crippen molar-refractivity contribution in [3.8, 4) is 11.5 Å². The molecule has 0 saturated heterocycles. The molecule has 0 aliphatic carbocycles. The number of hydrogen-bond donors (Lipinski definition) is 2. The zero-order chi connectivity index (χ0) is 16.1. The Kier molecular flexibility index (Phi) is 4.28. The van der Waals surface area contributed by atoms with Crippen LogP contribution in [0.1, 0.15) is 16.2 Å². The Labute approximate surface area is 132 Å². The van der Waals surface area contributed by atoms with Crippen molar-refractivity contribution >= 4 is 11.7 Å². The number of pyridine rings is 1. The standard InChI is InChI=1S/C16H15N5O2/c1-17-13-9-12(7-8-18-13)15(22)19-10-14-20-21-16(23-14)11-5-3-2-4-6-11/h2-9H,10H2,1H3,(H,17,18)(H,19,22). The van der Waals surface area contributed by atoms with E-state index in [1.54, 1.807) is 25.4 Å². The summed E-state index contributed by atoms with van der Waals surface area (Å²) in [5.41, 5.74) is 1.34. The summed E-state index contributed by atoms with van der Waals surface area (Å²) in [4.78, 5) is 16.2. The Bertz CT molecular complexity index is 801. The van der Waals surface area contributed by atoms with Gasteiger partial charge >= 0.3 is 0 Å². The zero-order valence-corrected chi connectivity index (χ0v) is 12.5. The molecule has 23 heavy (non-hydrogen) atoms. The molecular formula is C16H15N5O2. The highest BCUT2D eigenvalue weighted by Crippen LogP contribution is 2.16. The van der Waals surface area contributed by atoms with Crippen molar-refractivity contribution in [2.24, 2.45) is 0 Å². The molecular weight excluding hydrogens is 294 g/mol. The summed E-state index contributed by atoms with van der Waals surface area (Å²) < 4.78 is 5.54. The van der Waals surface area contributed by atoms with Gasteiger partial charge in [-0.25, -0.2) is 4.98 Å². The largest absolute Gasteiger partial charge is 0.419 e. The van der Waals surface area contributed by atoms with Crippen LogP contribution in [0.25, 0.3) is 11.5 Å². The third-order valence-electron chi connectivity index (χ3n) is 3.17. The van der Waals surface area contributed by atoms with Gasteiger partial charge in [0.05, 0.1) is 6.54 Å².